The molecule has 1 aromatic rings. The minimum Gasteiger partial charge on any atom is -0.494 e. The van der Waals surface area contributed by atoms with Crippen LogP contribution in [0.3, 0.4) is 0 Å². The van der Waals surface area contributed by atoms with Gasteiger partial charge in [-0.1, -0.05) is 37.5 Å². The van der Waals surface area contributed by atoms with Gasteiger partial charge in [0.05, 0.1) is 12.7 Å². The summed E-state index contributed by atoms with van der Waals surface area (Å²) in [5, 5.41) is 12.2. The lowest BCUT2D eigenvalue weighted by Gasteiger charge is -2.31. The third-order valence-electron chi connectivity index (χ3n) is 3.86. The quantitative estimate of drug-likeness (QED) is 0.817. The molecule has 21 heavy (non-hydrogen) atoms. The van der Waals surface area contributed by atoms with E-state index in [4.69, 9.17) is 4.74 Å². The van der Waals surface area contributed by atoms with Crippen molar-refractivity contribution >= 4 is 5.91 Å². The van der Waals surface area contributed by atoms with Crippen molar-refractivity contribution in [2.24, 2.45) is 0 Å². The van der Waals surface area contributed by atoms with Crippen molar-refractivity contribution in [1.82, 2.24) is 5.32 Å². The summed E-state index contributed by atoms with van der Waals surface area (Å²) in [5.41, 5.74) is -0.629. The van der Waals surface area contributed by atoms with Gasteiger partial charge >= 0.3 is 0 Å². The summed E-state index contributed by atoms with van der Waals surface area (Å²) in [5.74, 6) is 0.772. The largest absolute Gasteiger partial charge is 0.494 e. The lowest BCUT2D eigenvalue weighted by molar-refractivity contribution is -0.123. The molecule has 4 nitrogen and oxygen atoms in total. The van der Waals surface area contributed by atoms with Gasteiger partial charge in [-0.05, 0) is 31.4 Å². The van der Waals surface area contributed by atoms with Gasteiger partial charge in [-0.2, -0.15) is 5.26 Å². The van der Waals surface area contributed by atoms with Crippen LogP contribution in [0.25, 0.3) is 0 Å². The first kappa shape index (κ1) is 15.4. The molecule has 1 aliphatic rings. The standard InChI is InChI=1S/C17H22N2O2/c18-14-17(11-5-2-6-12-17)19-16(20)10-7-13-21-15-8-3-1-4-9-15/h1,3-4,8-9H,2,5-7,10-13H2,(H,19,20). The zero-order valence-corrected chi connectivity index (χ0v) is 12.3. The number of carbonyl (C=O) groups is 1. The van der Waals surface area contributed by atoms with Crippen LogP contribution >= 0.6 is 0 Å². The fourth-order valence-corrected chi connectivity index (χ4v) is 2.69. The lowest BCUT2D eigenvalue weighted by atomic mass is 9.83. The minimum atomic E-state index is -0.629. The SMILES string of the molecule is N#CC1(NC(=O)CCCOc2ccccc2)CCCCC1. The molecule has 1 amide bonds. The number of hydrogen-bond acceptors (Lipinski definition) is 3. The van der Waals surface area contributed by atoms with E-state index in [1.807, 2.05) is 30.3 Å². The van der Waals surface area contributed by atoms with Gasteiger partial charge in [0.1, 0.15) is 11.3 Å². The number of nitrogens with one attached hydrogen (secondary N) is 1. The summed E-state index contributed by atoms with van der Waals surface area (Å²) in [6, 6.07) is 11.9. The monoisotopic (exact) mass is 286 g/mol. The molecule has 1 N–H and O–H groups in total. The lowest BCUT2D eigenvalue weighted by Crippen LogP contribution is -2.48. The number of benzene rings is 1. The van der Waals surface area contributed by atoms with Crippen LogP contribution < -0.4 is 10.1 Å². The molecule has 4 heteroatoms. The van der Waals surface area contributed by atoms with Gasteiger partial charge in [-0.25, -0.2) is 0 Å². The fourth-order valence-electron chi connectivity index (χ4n) is 2.69. The van der Waals surface area contributed by atoms with Gasteiger partial charge < -0.3 is 10.1 Å². The summed E-state index contributed by atoms with van der Waals surface area (Å²) in [6.07, 6.45) is 5.80. The Morgan fingerprint density at radius 2 is 1.95 bits per heavy atom. The minimum absolute atomic E-state index is 0.0462. The molecule has 0 unspecified atom stereocenters. The number of rotatable bonds is 6. The molecule has 0 bridgehead atoms. The van der Waals surface area contributed by atoms with E-state index in [1.54, 1.807) is 0 Å². The molecule has 2 rings (SSSR count). The highest BCUT2D eigenvalue weighted by Crippen LogP contribution is 2.27. The van der Waals surface area contributed by atoms with Crippen LogP contribution in [0.1, 0.15) is 44.9 Å². The number of para-hydroxylation sites is 1. The average molecular weight is 286 g/mol. The topological polar surface area (TPSA) is 62.1 Å². The maximum atomic E-state index is 12.0. The van der Waals surface area contributed by atoms with E-state index in [9.17, 15) is 10.1 Å². The average Bonchev–Trinajstić information content (AvgIpc) is 2.53. The molecule has 1 aliphatic carbocycles. The molecular weight excluding hydrogens is 264 g/mol. The summed E-state index contributed by atoms with van der Waals surface area (Å²) in [6.45, 7) is 0.511. The van der Waals surface area contributed by atoms with E-state index in [1.165, 1.54) is 0 Å². The highest BCUT2D eigenvalue weighted by Gasteiger charge is 2.33. The Balaban J connectivity index is 1.69. The second kappa shape index (κ2) is 7.68. The van der Waals surface area contributed by atoms with Gasteiger partial charge in [0.15, 0.2) is 0 Å². The Morgan fingerprint density at radius 3 is 2.62 bits per heavy atom. The first-order valence-electron chi connectivity index (χ1n) is 7.64. The molecule has 0 heterocycles. The zero-order valence-electron chi connectivity index (χ0n) is 12.3. The van der Waals surface area contributed by atoms with E-state index in [0.717, 1.165) is 37.9 Å². The van der Waals surface area contributed by atoms with E-state index in [0.29, 0.717) is 19.4 Å². The Labute approximate surface area is 126 Å². The number of ether oxygens (including phenoxy) is 1. The second-order valence-corrected chi connectivity index (χ2v) is 5.57. The Hall–Kier alpha value is -2.02. The molecule has 0 atom stereocenters. The fraction of sp³-hybridized carbons (Fsp3) is 0.529. The molecule has 1 fully saturated rings. The Bertz CT molecular complexity index is 487. The van der Waals surface area contributed by atoms with Gasteiger partial charge in [-0.15, -0.1) is 0 Å². The zero-order chi connectivity index (χ0) is 15.0. The van der Waals surface area contributed by atoms with E-state index < -0.39 is 5.54 Å². The van der Waals surface area contributed by atoms with Crippen LogP contribution in [0.2, 0.25) is 0 Å². The Kier molecular flexibility index (Phi) is 5.62. The maximum Gasteiger partial charge on any atom is 0.221 e. The molecule has 1 saturated carbocycles. The summed E-state index contributed by atoms with van der Waals surface area (Å²) in [4.78, 5) is 12.0. The van der Waals surface area contributed by atoms with Crippen molar-refractivity contribution in [3.05, 3.63) is 30.3 Å². The van der Waals surface area contributed by atoms with Crippen molar-refractivity contribution in [2.45, 2.75) is 50.5 Å². The molecule has 1 aromatic carbocycles. The van der Waals surface area contributed by atoms with Crippen LogP contribution in [0.15, 0.2) is 30.3 Å². The van der Waals surface area contributed by atoms with Crippen LogP contribution in [0.5, 0.6) is 5.75 Å². The van der Waals surface area contributed by atoms with Gasteiger partial charge in [-0.3, -0.25) is 4.79 Å². The highest BCUT2D eigenvalue weighted by atomic mass is 16.5. The molecule has 0 spiro atoms. The predicted molar refractivity (Wildman–Crippen MR) is 80.7 cm³/mol. The number of amides is 1. The van der Waals surface area contributed by atoms with Crippen molar-refractivity contribution < 1.29 is 9.53 Å². The van der Waals surface area contributed by atoms with Crippen LogP contribution in [-0.2, 0) is 4.79 Å². The number of carbonyl (C=O) groups excluding carboxylic acids is 1. The van der Waals surface area contributed by atoms with Crippen LogP contribution in [0, 0.1) is 11.3 Å². The van der Waals surface area contributed by atoms with Crippen LogP contribution in [0.4, 0.5) is 0 Å². The first-order valence-corrected chi connectivity index (χ1v) is 7.64. The van der Waals surface area contributed by atoms with E-state index >= 15 is 0 Å². The van der Waals surface area contributed by atoms with E-state index in [2.05, 4.69) is 11.4 Å². The normalized spacial score (nSPS) is 16.7. The first-order chi connectivity index (χ1) is 10.2. The second-order valence-electron chi connectivity index (χ2n) is 5.57. The third kappa shape index (κ3) is 4.78. The van der Waals surface area contributed by atoms with Crippen molar-refractivity contribution in [1.29, 1.82) is 5.26 Å². The molecule has 0 radical (unpaired) electrons. The van der Waals surface area contributed by atoms with Gasteiger partial charge in [0.25, 0.3) is 0 Å². The molecule has 0 aromatic heterocycles. The number of nitrogens with zero attached hydrogens (tertiary/aromatic N) is 1. The third-order valence-corrected chi connectivity index (χ3v) is 3.86. The van der Waals surface area contributed by atoms with Gasteiger partial charge in [0, 0.05) is 6.42 Å². The molecule has 0 aliphatic heterocycles. The maximum absolute atomic E-state index is 12.0. The van der Waals surface area contributed by atoms with Crippen LogP contribution in [-0.4, -0.2) is 18.1 Å². The van der Waals surface area contributed by atoms with Crippen molar-refractivity contribution in [3.8, 4) is 11.8 Å². The predicted octanol–water partition coefficient (Wildman–Crippen LogP) is 3.19. The molecule has 0 saturated heterocycles. The van der Waals surface area contributed by atoms with Gasteiger partial charge in [0.2, 0.25) is 5.91 Å². The highest BCUT2D eigenvalue weighted by molar-refractivity contribution is 5.77. The summed E-state index contributed by atoms with van der Waals surface area (Å²) < 4.78 is 5.55. The number of hydrogen-bond donors (Lipinski definition) is 1. The van der Waals surface area contributed by atoms with Crippen molar-refractivity contribution in [3.63, 3.8) is 0 Å². The molecular formula is C17H22N2O2. The van der Waals surface area contributed by atoms with E-state index in [-0.39, 0.29) is 5.91 Å². The van der Waals surface area contributed by atoms with Crippen molar-refractivity contribution in [2.75, 3.05) is 6.61 Å². The summed E-state index contributed by atoms with van der Waals surface area (Å²) in [7, 11) is 0. The molecule has 112 valence electrons. The smallest absolute Gasteiger partial charge is 0.221 e. The number of nitriles is 1. The summed E-state index contributed by atoms with van der Waals surface area (Å²) >= 11 is 0. The Morgan fingerprint density at radius 1 is 1.24 bits per heavy atom.